The van der Waals surface area contributed by atoms with Crippen molar-refractivity contribution in [1.82, 2.24) is 0 Å². The zero-order chi connectivity index (χ0) is 23.9. The number of ketones is 1. The molecule has 1 aliphatic heterocycles. The highest BCUT2D eigenvalue weighted by atomic mass is 16.7. The Bertz CT molecular complexity index is 1080. The van der Waals surface area contributed by atoms with E-state index in [2.05, 4.69) is 0 Å². The van der Waals surface area contributed by atoms with Crippen LogP contribution >= 0.6 is 0 Å². The summed E-state index contributed by atoms with van der Waals surface area (Å²) in [5, 5.41) is 0. The molecule has 2 atom stereocenters. The largest absolute Gasteiger partial charge is 0.493 e. The molecule has 1 aliphatic carbocycles. The normalized spacial score (nSPS) is 20.1. The van der Waals surface area contributed by atoms with Crippen LogP contribution in [-0.2, 0) is 9.53 Å². The number of methoxy groups -OCH3 is 3. The average Bonchev–Trinajstić information content (AvgIpc) is 3.09. The summed E-state index contributed by atoms with van der Waals surface area (Å²) in [5.41, 5.74) is 1.89. The topological polar surface area (TPSA) is 89.5 Å². The zero-order valence-corrected chi connectivity index (χ0v) is 19.6. The molecule has 0 spiro atoms. The van der Waals surface area contributed by atoms with Crippen molar-refractivity contribution in [3.8, 4) is 28.7 Å². The number of carbonyl (C=O) groups excluding carboxylic acids is 2. The van der Waals surface area contributed by atoms with Crippen molar-refractivity contribution in [1.29, 1.82) is 0 Å². The van der Waals surface area contributed by atoms with Crippen LogP contribution in [0, 0.1) is 5.92 Å². The molecular weight excluding hydrogens is 428 g/mol. The molecule has 0 aromatic heterocycles. The van der Waals surface area contributed by atoms with Crippen LogP contribution < -0.4 is 23.7 Å². The van der Waals surface area contributed by atoms with Gasteiger partial charge in [0.2, 0.25) is 11.5 Å². The molecule has 4 rings (SSSR count). The van der Waals surface area contributed by atoms with Gasteiger partial charge < -0.3 is 28.4 Å². The second kappa shape index (κ2) is 8.50. The highest BCUT2D eigenvalue weighted by Gasteiger charge is 2.43. The molecule has 8 nitrogen and oxygen atoms in total. The molecule has 2 aromatic carbocycles. The van der Waals surface area contributed by atoms with Crippen LogP contribution in [0.3, 0.4) is 0 Å². The van der Waals surface area contributed by atoms with Gasteiger partial charge in [0.1, 0.15) is 0 Å². The van der Waals surface area contributed by atoms with Gasteiger partial charge in [-0.3, -0.25) is 9.59 Å². The maximum absolute atomic E-state index is 13.1. The third-order valence-electron chi connectivity index (χ3n) is 5.91. The Balaban J connectivity index is 1.93. The Morgan fingerprint density at radius 2 is 1.61 bits per heavy atom. The lowest BCUT2D eigenvalue weighted by molar-refractivity contribution is -0.148. The second-order valence-corrected chi connectivity index (χ2v) is 8.41. The molecule has 2 aromatic rings. The maximum atomic E-state index is 13.1. The van der Waals surface area contributed by atoms with Gasteiger partial charge in [0.05, 0.1) is 33.9 Å². The highest BCUT2D eigenvalue weighted by molar-refractivity contribution is 6.02. The van der Waals surface area contributed by atoms with E-state index >= 15 is 0 Å². The SMILES string of the molecule is CCOC(=O)[C@@H]1CC(=O)c2cc3c(cc2[C@H]1c1cc(OC)c(OC)c(OC)c1)OC(C)(C)O3. The monoisotopic (exact) mass is 456 g/mol. The number of hydrogen-bond acceptors (Lipinski definition) is 8. The van der Waals surface area contributed by atoms with Gasteiger partial charge in [-0.05, 0) is 42.3 Å². The molecule has 0 fully saturated rings. The van der Waals surface area contributed by atoms with E-state index < -0.39 is 23.6 Å². The molecule has 0 amide bonds. The van der Waals surface area contributed by atoms with Crippen molar-refractivity contribution in [2.75, 3.05) is 27.9 Å². The Labute approximate surface area is 192 Å². The Hall–Kier alpha value is -3.42. The lowest BCUT2D eigenvalue weighted by Crippen LogP contribution is -2.33. The van der Waals surface area contributed by atoms with E-state index in [1.807, 2.05) is 0 Å². The van der Waals surface area contributed by atoms with E-state index in [9.17, 15) is 9.59 Å². The number of fused-ring (bicyclic) bond motifs is 2. The highest BCUT2D eigenvalue weighted by Crippen LogP contribution is 2.50. The predicted octanol–water partition coefficient (Wildman–Crippen LogP) is 4.12. The Kier molecular flexibility index (Phi) is 5.86. The molecule has 0 saturated carbocycles. The molecule has 33 heavy (non-hydrogen) atoms. The molecule has 0 radical (unpaired) electrons. The smallest absolute Gasteiger partial charge is 0.310 e. The third-order valence-corrected chi connectivity index (χ3v) is 5.91. The van der Waals surface area contributed by atoms with Crippen molar-refractivity contribution < 1.29 is 38.0 Å². The first kappa shape index (κ1) is 22.8. The van der Waals surface area contributed by atoms with Gasteiger partial charge in [-0.2, -0.15) is 0 Å². The van der Waals surface area contributed by atoms with E-state index in [1.165, 1.54) is 21.3 Å². The first-order chi connectivity index (χ1) is 15.7. The third kappa shape index (κ3) is 3.94. The minimum atomic E-state index is -0.849. The molecular formula is C25H28O8. The average molecular weight is 456 g/mol. The molecule has 0 saturated heterocycles. The molecule has 8 heteroatoms. The predicted molar refractivity (Wildman–Crippen MR) is 119 cm³/mol. The van der Waals surface area contributed by atoms with Crippen LogP contribution in [0.15, 0.2) is 24.3 Å². The summed E-state index contributed by atoms with van der Waals surface area (Å²) < 4.78 is 33.6. The van der Waals surface area contributed by atoms with E-state index in [0.717, 1.165) is 5.56 Å². The van der Waals surface area contributed by atoms with Gasteiger partial charge in [-0.15, -0.1) is 0 Å². The van der Waals surface area contributed by atoms with Gasteiger partial charge in [0, 0.05) is 31.7 Å². The van der Waals surface area contributed by atoms with Crippen molar-refractivity contribution >= 4 is 11.8 Å². The number of carbonyl (C=O) groups is 2. The molecule has 0 N–H and O–H groups in total. The van der Waals surface area contributed by atoms with Crippen LogP contribution in [0.1, 0.15) is 54.6 Å². The van der Waals surface area contributed by atoms with Gasteiger partial charge >= 0.3 is 5.97 Å². The molecule has 1 heterocycles. The van der Waals surface area contributed by atoms with Crippen LogP contribution in [0.2, 0.25) is 0 Å². The van der Waals surface area contributed by atoms with Crippen molar-refractivity contribution in [3.63, 3.8) is 0 Å². The van der Waals surface area contributed by atoms with Crippen LogP contribution in [-0.4, -0.2) is 45.5 Å². The van der Waals surface area contributed by atoms with Crippen molar-refractivity contribution in [3.05, 3.63) is 41.0 Å². The minimum absolute atomic E-state index is 0.0101. The number of Topliss-reactive ketones (excluding diaryl/α,β-unsaturated/α-hetero) is 1. The first-order valence-electron chi connectivity index (χ1n) is 10.8. The fourth-order valence-electron chi connectivity index (χ4n) is 4.59. The van der Waals surface area contributed by atoms with Gasteiger partial charge in [0.15, 0.2) is 28.8 Å². The van der Waals surface area contributed by atoms with Crippen LogP contribution in [0.4, 0.5) is 0 Å². The fraction of sp³-hybridized carbons (Fsp3) is 0.440. The molecule has 0 bridgehead atoms. The van der Waals surface area contributed by atoms with Crippen molar-refractivity contribution in [2.45, 2.75) is 38.9 Å². The van der Waals surface area contributed by atoms with E-state index in [4.69, 9.17) is 28.4 Å². The number of hydrogen-bond donors (Lipinski definition) is 0. The van der Waals surface area contributed by atoms with E-state index in [0.29, 0.717) is 39.9 Å². The maximum Gasteiger partial charge on any atom is 0.310 e. The lowest BCUT2D eigenvalue weighted by Gasteiger charge is -2.32. The zero-order valence-electron chi connectivity index (χ0n) is 19.6. The first-order valence-corrected chi connectivity index (χ1v) is 10.8. The van der Waals surface area contributed by atoms with E-state index in [-0.39, 0.29) is 18.8 Å². The van der Waals surface area contributed by atoms with Gasteiger partial charge in [-0.25, -0.2) is 0 Å². The summed E-state index contributed by atoms with van der Waals surface area (Å²) in [5.74, 6) is -0.280. The number of rotatable bonds is 6. The summed E-state index contributed by atoms with van der Waals surface area (Å²) in [4.78, 5) is 26.1. The van der Waals surface area contributed by atoms with E-state index in [1.54, 1.807) is 45.0 Å². The fourth-order valence-corrected chi connectivity index (χ4v) is 4.59. The number of esters is 1. The second-order valence-electron chi connectivity index (χ2n) is 8.41. The molecule has 176 valence electrons. The lowest BCUT2D eigenvalue weighted by atomic mass is 9.71. The molecule has 0 unspecified atom stereocenters. The molecule has 2 aliphatic rings. The minimum Gasteiger partial charge on any atom is -0.493 e. The number of ether oxygens (including phenoxy) is 6. The summed E-state index contributed by atoms with van der Waals surface area (Å²) >= 11 is 0. The summed E-state index contributed by atoms with van der Waals surface area (Å²) in [7, 11) is 4.59. The summed E-state index contributed by atoms with van der Waals surface area (Å²) in [6.45, 7) is 5.55. The van der Waals surface area contributed by atoms with Crippen molar-refractivity contribution in [2.24, 2.45) is 5.92 Å². The quantitative estimate of drug-likeness (QED) is 0.600. The summed E-state index contributed by atoms with van der Waals surface area (Å²) in [6.07, 6.45) is 0.0101. The Morgan fingerprint density at radius 1 is 1.00 bits per heavy atom. The van der Waals surface area contributed by atoms with Crippen LogP contribution in [0.5, 0.6) is 28.7 Å². The Morgan fingerprint density at radius 3 is 2.15 bits per heavy atom. The summed E-state index contributed by atoms with van der Waals surface area (Å²) in [6, 6.07) is 7.09. The number of benzene rings is 2. The van der Waals surface area contributed by atoms with Gasteiger partial charge in [-0.1, -0.05) is 0 Å². The standard InChI is InChI=1S/C25H28O8/c1-7-31-24(27)16-10-17(26)14-11-18-19(33-25(2,3)32-18)12-15(14)22(16)13-8-20(28-4)23(30-6)21(9-13)29-5/h8-9,11-12,16,22H,7,10H2,1-6H3/t16-,22-/m1/s1. The van der Waals surface area contributed by atoms with Crippen LogP contribution in [0.25, 0.3) is 0 Å². The van der Waals surface area contributed by atoms with Gasteiger partial charge in [0.25, 0.3) is 0 Å².